The highest BCUT2D eigenvalue weighted by Crippen LogP contribution is 2.25. The first-order chi connectivity index (χ1) is 7.68. The summed E-state index contributed by atoms with van der Waals surface area (Å²) in [5.74, 6) is -0.525. The quantitative estimate of drug-likeness (QED) is 0.670. The zero-order valence-corrected chi connectivity index (χ0v) is 9.22. The van der Waals surface area contributed by atoms with E-state index in [0.29, 0.717) is 6.54 Å². The molecule has 0 spiro atoms. The Balaban J connectivity index is 1.96. The van der Waals surface area contributed by atoms with Gasteiger partial charge in [-0.2, -0.15) is 0 Å². The number of carbonyl (C=O) groups is 2. The van der Waals surface area contributed by atoms with Crippen molar-refractivity contribution in [1.82, 2.24) is 4.90 Å². The molecule has 2 fully saturated rings. The maximum atomic E-state index is 11.5. The van der Waals surface area contributed by atoms with E-state index in [1.54, 1.807) is 0 Å². The predicted octanol–water partition coefficient (Wildman–Crippen LogP) is -0.0771. The third-order valence-electron chi connectivity index (χ3n) is 3.34. The first-order valence-corrected chi connectivity index (χ1v) is 5.77. The summed E-state index contributed by atoms with van der Waals surface area (Å²) in [5, 5.41) is 9.79. The lowest BCUT2D eigenvalue weighted by atomic mass is 9.86. The average molecular weight is 227 g/mol. The van der Waals surface area contributed by atoms with Gasteiger partial charge in [-0.05, 0) is 12.8 Å². The van der Waals surface area contributed by atoms with E-state index in [9.17, 15) is 14.7 Å². The van der Waals surface area contributed by atoms with Gasteiger partial charge in [-0.25, -0.2) is 0 Å². The van der Waals surface area contributed by atoms with Gasteiger partial charge in [0.2, 0.25) is 0 Å². The summed E-state index contributed by atoms with van der Waals surface area (Å²) < 4.78 is 4.84. The van der Waals surface area contributed by atoms with Crippen LogP contribution in [0.2, 0.25) is 0 Å². The Morgan fingerprint density at radius 3 is 2.44 bits per heavy atom. The van der Waals surface area contributed by atoms with Crippen LogP contribution >= 0.6 is 0 Å². The van der Waals surface area contributed by atoms with E-state index in [1.807, 2.05) is 0 Å². The summed E-state index contributed by atoms with van der Waals surface area (Å²) in [5.41, 5.74) is 0. The summed E-state index contributed by atoms with van der Waals surface area (Å²) >= 11 is 0. The Morgan fingerprint density at radius 2 is 1.81 bits per heavy atom. The minimum atomic E-state index is -0.378. The van der Waals surface area contributed by atoms with Crippen molar-refractivity contribution in [1.29, 1.82) is 0 Å². The van der Waals surface area contributed by atoms with Crippen molar-refractivity contribution < 1.29 is 19.4 Å². The van der Waals surface area contributed by atoms with Crippen LogP contribution in [0.4, 0.5) is 0 Å². The molecule has 16 heavy (non-hydrogen) atoms. The zero-order valence-electron chi connectivity index (χ0n) is 9.22. The number of rotatable bonds is 2. The second-order valence-electron chi connectivity index (χ2n) is 4.50. The highest BCUT2D eigenvalue weighted by Gasteiger charge is 2.32. The van der Waals surface area contributed by atoms with Gasteiger partial charge in [0, 0.05) is 12.5 Å². The lowest BCUT2D eigenvalue weighted by molar-refractivity contribution is -0.160. The van der Waals surface area contributed by atoms with Crippen LogP contribution in [0.3, 0.4) is 0 Å². The molecular weight excluding hydrogens is 210 g/mol. The van der Waals surface area contributed by atoms with Crippen LogP contribution in [0.5, 0.6) is 0 Å². The van der Waals surface area contributed by atoms with Gasteiger partial charge in [0.1, 0.15) is 13.2 Å². The van der Waals surface area contributed by atoms with E-state index in [0.717, 1.165) is 25.7 Å². The van der Waals surface area contributed by atoms with Gasteiger partial charge >= 0.3 is 0 Å². The van der Waals surface area contributed by atoms with Gasteiger partial charge in [-0.1, -0.05) is 12.8 Å². The maximum Gasteiger partial charge on any atom is 0.255 e. The summed E-state index contributed by atoms with van der Waals surface area (Å²) in [7, 11) is 0. The number of aliphatic hydroxyl groups is 1. The Hall–Kier alpha value is -0.940. The van der Waals surface area contributed by atoms with Gasteiger partial charge in [0.15, 0.2) is 0 Å². The van der Waals surface area contributed by atoms with Crippen LogP contribution in [0.25, 0.3) is 0 Å². The number of nitrogens with zero attached hydrogens (tertiary/aromatic N) is 1. The van der Waals surface area contributed by atoms with Crippen LogP contribution in [0.15, 0.2) is 0 Å². The number of aliphatic hydroxyl groups excluding tert-OH is 1. The summed E-state index contributed by atoms with van der Waals surface area (Å²) in [6, 6.07) is 0. The van der Waals surface area contributed by atoms with Crippen LogP contribution in [-0.4, -0.2) is 47.7 Å². The Morgan fingerprint density at radius 1 is 1.19 bits per heavy atom. The van der Waals surface area contributed by atoms with Crippen LogP contribution in [0, 0.1) is 5.92 Å². The van der Waals surface area contributed by atoms with Crippen LogP contribution in [-0.2, 0) is 14.3 Å². The first-order valence-electron chi connectivity index (χ1n) is 5.77. The molecule has 5 nitrogen and oxygen atoms in total. The number of amides is 2. The van der Waals surface area contributed by atoms with Crippen molar-refractivity contribution in [2.45, 2.75) is 31.8 Å². The van der Waals surface area contributed by atoms with E-state index in [4.69, 9.17) is 4.74 Å². The molecule has 1 heterocycles. The van der Waals surface area contributed by atoms with Crippen molar-refractivity contribution in [3.05, 3.63) is 0 Å². The van der Waals surface area contributed by atoms with Crippen molar-refractivity contribution in [3.8, 4) is 0 Å². The third-order valence-corrected chi connectivity index (χ3v) is 3.34. The second-order valence-corrected chi connectivity index (χ2v) is 4.50. The fraction of sp³-hybridized carbons (Fsp3) is 0.818. The maximum absolute atomic E-state index is 11.5. The molecule has 1 saturated heterocycles. The molecule has 1 N–H and O–H groups in total. The standard InChI is InChI=1S/C11H17NO4/c13-9-4-2-1-3-8(9)5-12-10(14)6-16-7-11(12)15/h8-9,13H,1-7H2. The van der Waals surface area contributed by atoms with E-state index >= 15 is 0 Å². The molecule has 2 aliphatic rings. The molecule has 0 aromatic heterocycles. The number of ether oxygens (including phenoxy) is 1. The molecule has 5 heteroatoms. The first kappa shape index (κ1) is 11.5. The molecule has 0 aromatic carbocycles. The normalized spacial score (nSPS) is 31.9. The zero-order chi connectivity index (χ0) is 11.5. The Kier molecular flexibility index (Phi) is 3.56. The van der Waals surface area contributed by atoms with Gasteiger partial charge in [-0.3, -0.25) is 14.5 Å². The van der Waals surface area contributed by atoms with E-state index in [2.05, 4.69) is 0 Å². The molecule has 2 rings (SSSR count). The molecule has 2 atom stereocenters. The SMILES string of the molecule is O=C1COCC(=O)N1CC1CCCCC1O. The monoisotopic (exact) mass is 227 g/mol. The summed E-state index contributed by atoms with van der Waals surface area (Å²) in [6.07, 6.45) is 3.38. The van der Waals surface area contributed by atoms with Crippen LogP contribution in [0.1, 0.15) is 25.7 Å². The van der Waals surface area contributed by atoms with Gasteiger partial charge < -0.3 is 9.84 Å². The van der Waals surface area contributed by atoms with Crippen LogP contribution < -0.4 is 0 Å². The number of morpholine rings is 1. The average Bonchev–Trinajstić information content (AvgIpc) is 2.26. The highest BCUT2D eigenvalue weighted by atomic mass is 16.5. The second kappa shape index (κ2) is 4.93. The Bertz CT molecular complexity index is 276. The van der Waals surface area contributed by atoms with E-state index < -0.39 is 0 Å². The summed E-state index contributed by atoms with van der Waals surface area (Å²) in [6.45, 7) is 0.311. The third kappa shape index (κ3) is 2.41. The van der Waals surface area contributed by atoms with Crippen molar-refractivity contribution >= 4 is 11.8 Å². The van der Waals surface area contributed by atoms with Crippen molar-refractivity contribution in [2.75, 3.05) is 19.8 Å². The topological polar surface area (TPSA) is 66.8 Å². The number of imide groups is 1. The van der Waals surface area contributed by atoms with Gasteiger partial charge in [0.05, 0.1) is 6.10 Å². The molecule has 2 unspecified atom stereocenters. The van der Waals surface area contributed by atoms with Gasteiger partial charge in [-0.15, -0.1) is 0 Å². The number of hydrogen-bond donors (Lipinski definition) is 1. The lowest BCUT2D eigenvalue weighted by Gasteiger charge is -2.33. The van der Waals surface area contributed by atoms with Crippen molar-refractivity contribution in [2.24, 2.45) is 5.92 Å². The van der Waals surface area contributed by atoms with E-state index in [1.165, 1.54) is 4.90 Å². The lowest BCUT2D eigenvalue weighted by Crippen LogP contribution is -2.49. The largest absolute Gasteiger partial charge is 0.393 e. The molecule has 1 saturated carbocycles. The molecule has 0 radical (unpaired) electrons. The number of hydrogen-bond acceptors (Lipinski definition) is 4. The fourth-order valence-electron chi connectivity index (χ4n) is 2.36. The molecule has 1 aliphatic heterocycles. The molecule has 0 aromatic rings. The van der Waals surface area contributed by atoms with Gasteiger partial charge in [0.25, 0.3) is 11.8 Å². The summed E-state index contributed by atoms with van der Waals surface area (Å²) in [4.78, 5) is 24.2. The minimum absolute atomic E-state index is 0.0193. The minimum Gasteiger partial charge on any atom is -0.393 e. The van der Waals surface area contributed by atoms with Crippen molar-refractivity contribution in [3.63, 3.8) is 0 Å². The smallest absolute Gasteiger partial charge is 0.255 e. The highest BCUT2D eigenvalue weighted by molar-refractivity contribution is 5.98. The molecule has 90 valence electrons. The fourth-order valence-corrected chi connectivity index (χ4v) is 2.36. The molecule has 1 aliphatic carbocycles. The van der Waals surface area contributed by atoms with E-state index in [-0.39, 0.29) is 37.0 Å². The predicted molar refractivity (Wildman–Crippen MR) is 55.5 cm³/mol. The number of carbonyl (C=O) groups excluding carboxylic acids is 2. The molecular formula is C11H17NO4. The molecule has 0 bridgehead atoms. The molecule has 2 amide bonds. The Labute approximate surface area is 94.4 Å².